The molecule has 0 amide bonds. The van der Waals surface area contributed by atoms with E-state index in [2.05, 4.69) is 5.32 Å². The Labute approximate surface area is 122 Å². The van der Waals surface area contributed by atoms with E-state index in [9.17, 15) is 8.42 Å². The number of hydrogen-bond donors (Lipinski definition) is 1. The van der Waals surface area contributed by atoms with E-state index in [1.807, 2.05) is 33.0 Å². The van der Waals surface area contributed by atoms with Gasteiger partial charge in [0.1, 0.15) is 0 Å². The zero-order valence-electron chi connectivity index (χ0n) is 12.6. The van der Waals surface area contributed by atoms with Crippen LogP contribution >= 0.6 is 0 Å². The third-order valence-electron chi connectivity index (χ3n) is 3.12. The van der Waals surface area contributed by atoms with Crippen molar-refractivity contribution in [2.75, 3.05) is 27.3 Å². The van der Waals surface area contributed by atoms with Crippen molar-refractivity contribution >= 4 is 10.0 Å². The van der Waals surface area contributed by atoms with Crippen molar-refractivity contribution < 1.29 is 13.2 Å². The summed E-state index contributed by atoms with van der Waals surface area (Å²) in [7, 11) is -0.0414. The third kappa shape index (κ3) is 4.02. The first kappa shape index (κ1) is 17.1. The number of hydrogen-bond acceptors (Lipinski definition) is 4. The number of nitrogens with one attached hydrogen (secondary N) is 1. The maximum absolute atomic E-state index is 12.6. The highest BCUT2D eigenvalue weighted by Crippen LogP contribution is 2.18. The van der Waals surface area contributed by atoms with Crippen LogP contribution < -0.4 is 5.32 Å². The van der Waals surface area contributed by atoms with E-state index >= 15 is 0 Å². The molecule has 1 unspecified atom stereocenters. The number of rotatable bonds is 8. The van der Waals surface area contributed by atoms with Gasteiger partial charge in [-0.25, -0.2) is 8.42 Å². The molecule has 0 bridgehead atoms. The van der Waals surface area contributed by atoms with Gasteiger partial charge in [-0.3, -0.25) is 0 Å². The summed E-state index contributed by atoms with van der Waals surface area (Å²) in [5.74, 6) is 0. The number of sulfonamides is 1. The number of nitrogens with zero attached hydrogens (tertiary/aromatic N) is 1. The first-order chi connectivity index (χ1) is 9.47. The van der Waals surface area contributed by atoms with Gasteiger partial charge in [0.2, 0.25) is 10.0 Å². The molecule has 0 aliphatic rings. The van der Waals surface area contributed by atoms with Gasteiger partial charge in [-0.1, -0.05) is 19.1 Å². The molecule has 0 aliphatic carbocycles. The summed E-state index contributed by atoms with van der Waals surface area (Å²) in [5.41, 5.74) is 1.06. The molecule has 1 N–H and O–H groups in total. The Balaban J connectivity index is 3.01. The van der Waals surface area contributed by atoms with Crippen molar-refractivity contribution in [3.8, 4) is 0 Å². The highest BCUT2D eigenvalue weighted by molar-refractivity contribution is 7.89. The summed E-state index contributed by atoms with van der Waals surface area (Å²) in [4.78, 5) is 0.321. The van der Waals surface area contributed by atoms with Crippen LogP contribution in [0.4, 0.5) is 0 Å². The van der Waals surface area contributed by atoms with Gasteiger partial charge in [-0.2, -0.15) is 4.31 Å². The normalized spacial score (nSPS) is 13.7. The molecular weight excluding hydrogens is 276 g/mol. The van der Waals surface area contributed by atoms with Gasteiger partial charge in [0.25, 0.3) is 0 Å². The van der Waals surface area contributed by atoms with Gasteiger partial charge in [-0.05, 0) is 31.7 Å². The van der Waals surface area contributed by atoms with Gasteiger partial charge in [0.05, 0.1) is 11.5 Å². The molecular formula is C14H24N2O3S. The number of likely N-dealkylation sites (N-methyl/N-ethyl adjacent to an activating group) is 1. The topological polar surface area (TPSA) is 58.6 Å². The summed E-state index contributed by atoms with van der Waals surface area (Å²) in [6.07, 6.45) is 0. The fourth-order valence-corrected chi connectivity index (χ4v) is 3.79. The molecule has 0 aromatic heterocycles. The molecule has 0 fully saturated rings. The number of benzene rings is 1. The predicted octanol–water partition coefficient (Wildman–Crippen LogP) is 1.45. The zero-order chi connectivity index (χ0) is 15.2. The van der Waals surface area contributed by atoms with Crippen molar-refractivity contribution in [2.24, 2.45) is 0 Å². The minimum absolute atomic E-state index is 0.188. The molecule has 5 nitrogen and oxygen atoms in total. The SMILES string of the molecule is CCN(C(C)COC)S(=O)(=O)c1ccc(CNC)cc1. The van der Waals surface area contributed by atoms with E-state index in [0.29, 0.717) is 18.0 Å². The van der Waals surface area contributed by atoms with Crippen molar-refractivity contribution in [3.63, 3.8) is 0 Å². The second-order valence-corrected chi connectivity index (χ2v) is 6.58. The number of methoxy groups -OCH3 is 1. The highest BCUT2D eigenvalue weighted by Gasteiger charge is 2.27. The highest BCUT2D eigenvalue weighted by atomic mass is 32.2. The molecule has 1 rings (SSSR count). The standard InChI is InChI=1S/C14H24N2O3S/c1-5-16(12(2)11-19-4)20(17,18)14-8-6-13(7-9-14)10-15-3/h6-9,12,15H,5,10-11H2,1-4H3. The fraction of sp³-hybridized carbons (Fsp3) is 0.571. The van der Waals surface area contributed by atoms with Gasteiger partial charge < -0.3 is 10.1 Å². The van der Waals surface area contributed by atoms with Crippen LogP contribution in [0.1, 0.15) is 19.4 Å². The molecule has 114 valence electrons. The van der Waals surface area contributed by atoms with Crippen LogP contribution in [-0.4, -0.2) is 46.1 Å². The van der Waals surface area contributed by atoms with Crippen LogP contribution in [0.15, 0.2) is 29.2 Å². The third-order valence-corrected chi connectivity index (χ3v) is 5.23. The van der Waals surface area contributed by atoms with Crippen LogP contribution in [0.5, 0.6) is 0 Å². The molecule has 0 heterocycles. The lowest BCUT2D eigenvalue weighted by Crippen LogP contribution is -2.40. The second-order valence-electron chi connectivity index (χ2n) is 4.69. The zero-order valence-corrected chi connectivity index (χ0v) is 13.4. The monoisotopic (exact) mass is 300 g/mol. The summed E-state index contributed by atoms with van der Waals surface area (Å²) < 4.78 is 31.7. The van der Waals surface area contributed by atoms with Crippen molar-refractivity contribution in [1.29, 1.82) is 0 Å². The lowest BCUT2D eigenvalue weighted by molar-refractivity contribution is 0.142. The molecule has 0 saturated carbocycles. The van der Waals surface area contributed by atoms with Crippen molar-refractivity contribution in [2.45, 2.75) is 31.3 Å². The maximum atomic E-state index is 12.6. The van der Waals surface area contributed by atoms with Crippen molar-refractivity contribution in [3.05, 3.63) is 29.8 Å². The van der Waals surface area contributed by atoms with Crippen LogP contribution in [-0.2, 0) is 21.3 Å². The van der Waals surface area contributed by atoms with E-state index in [0.717, 1.165) is 12.1 Å². The smallest absolute Gasteiger partial charge is 0.243 e. The Kier molecular flexibility index (Phi) is 6.61. The Bertz CT molecular complexity index is 500. The van der Waals surface area contributed by atoms with Gasteiger partial charge in [-0.15, -0.1) is 0 Å². The summed E-state index contributed by atoms with van der Waals surface area (Å²) in [6, 6.07) is 6.79. The van der Waals surface area contributed by atoms with E-state index in [4.69, 9.17) is 4.74 Å². The molecule has 0 spiro atoms. The Morgan fingerprint density at radius 1 is 1.30 bits per heavy atom. The van der Waals surface area contributed by atoms with E-state index in [1.54, 1.807) is 19.2 Å². The van der Waals surface area contributed by atoms with Crippen LogP contribution in [0, 0.1) is 0 Å². The summed E-state index contributed by atoms with van der Waals surface area (Å²) >= 11 is 0. The molecule has 20 heavy (non-hydrogen) atoms. The second kappa shape index (κ2) is 7.73. The first-order valence-corrected chi connectivity index (χ1v) is 8.15. The molecule has 1 aromatic rings. The Morgan fingerprint density at radius 3 is 2.35 bits per heavy atom. The fourth-order valence-electron chi connectivity index (χ4n) is 2.16. The van der Waals surface area contributed by atoms with E-state index < -0.39 is 10.0 Å². The lowest BCUT2D eigenvalue weighted by Gasteiger charge is -2.26. The van der Waals surface area contributed by atoms with Crippen molar-refractivity contribution in [1.82, 2.24) is 9.62 Å². The summed E-state index contributed by atoms with van der Waals surface area (Å²) in [6.45, 7) is 5.20. The Morgan fingerprint density at radius 2 is 1.90 bits per heavy atom. The average molecular weight is 300 g/mol. The van der Waals surface area contributed by atoms with E-state index in [1.165, 1.54) is 4.31 Å². The van der Waals surface area contributed by atoms with Crippen LogP contribution in [0.25, 0.3) is 0 Å². The molecule has 6 heteroatoms. The van der Waals surface area contributed by atoms with Crippen LogP contribution in [0.3, 0.4) is 0 Å². The van der Waals surface area contributed by atoms with Gasteiger partial charge in [0, 0.05) is 26.2 Å². The molecule has 1 aromatic carbocycles. The molecule has 0 radical (unpaired) electrons. The predicted molar refractivity (Wildman–Crippen MR) is 80.1 cm³/mol. The molecule has 0 saturated heterocycles. The lowest BCUT2D eigenvalue weighted by atomic mass is 10.2. The van der Waals surface area contributed by atoms with Crippen LogP contribution in [0.2, 0.25) is 0 Å². The maximum Gasteiger partial charge on any atom is 0.243 e. The largest absolute Gasteiger partial charge is 0.383 e. The summed E-state index contributed by atoms with van der Waals surface area (Å²) in [5, 5.41) is 3.03. The molecule has 1 atom stereocenters. The van der Waals surface area contributed by atoms with E-state index in [-0.39, 0.29) is 6.04 Å². The number of ether oxygens (including phenoxy) is 1. The first-order valence-electron chi connectivity index (χ1n) is 6.71. The Hall–Kier alpha value is -0.950. The minimum Gasteiger partial charge on any atom is -0.383 e. The molecule has 0 aliphatic heterocycles. The average Bonchev–Trinajstić information content (AvgIpc) is 2.40. The van der Waals surface area contributed by atoms with Gasteiger partial charge in [0.15, 0.2) is 0 Å². The quantitative estimate of drug-likeness (QED) is 0.789. The van der Waals surface area contributed by atoms with Gasteiger partial charge >= 0.3 is 0 Å². The minimum atomic E-state index is -3.47.